The van der Waals surface area contributed by atoms with Crippen LogP contribution in [0.4, 0.5) is 16.6 Å². The van der Waals surface area contributed by atoms with Crippen molar-refractivity contribution in [1.29, 1.82) is 0 Å². The zero-order chi connectivity index (χ0) is 38.6. The van der Waals surface area contributed by atoms with Gasteiger partial charge in [0.1, 0.15) is 23.7 Å². The van der Waals surface area contributed by atoms with E-state index in [0.717, 1.165) is 42.1 Å². The molecule has 0 bridgehead atoms. The lowest BCUT2D eigenvalue weighted by Gasteiger charge is -2.22. The van der Waals surface area contributed by atoms with E-state index in [4.69, 9.17) is 24.4 Å². The van der Waals surface area contributed by atoms with Crippen molar-refractivity contribution in [2.45, 2.75) is 74.9 Å². The first kappa shape index (κ1) is 38.1. The Morgan fingerprint density at radius 2 is 1.51 bits per heavy atom. The first-order chi connectivity index (χ1) is 26.6. The van der Waals surface area contributed by atoms with Crippen LogP contribution in [0.3, 0.4) is 0 Å². The van der Waals surface area contributed by atoms with Gasteiger partial charge < -0.3 is 55.3 Å². The van der Waals surface area contributed by atoms with Crippen molar-refractivity contribution in [3.05, 3.63) is 66.0 Å². The third-order valence-corrected chi connectivity index (χ3v) is 11.1. The molecule has 0 radical (unpaired) electrons. The van der Waals surface area contributed by atoms with Crippen molar-refractivity contribution in [3.63, 3.8) is 0 Å². The number of ether oxygens (including phenoxy) is 2. The number of anilines is 2. The molecule has 2 aromatic carbocycles. The van der Waals surface area contributed by atoms with Gasteiger partial charge in [0.25, 0.3) is 0 Å². The zero-order valence-electron chi connectivity index (χ0n) is 31.8. The van der Waals surface area contributed by atoms with E-state index in [-0.39, 0.29) is 36.4 Å². The van der Waals surface area contributed by atoms with Gasteiger partial charge in [-0.3, -0.25) is 4.79 Å². The second-order valence-corrected chi connectivity index (χ2v) is 14.8. The van der Waals surface area contributed by atoms with E-state index < -0.39 is 24.3 Å². The number of methoxy groups -OCH3 is 2. The van der Waals surface area contributed by atoms with Crippen molar-refractivity contribution in [2.75, 3.05) is 64.2 Å². The molecule has 55 heavy (non-hydrogen) atoms. The highest BCUT2D eigenvalue weighted by atomic mass is 16.5. The number of imidazole rings is 1. The number of nitrogens with one attached hydrogen (secondary N) is 4. The second kappa shape index (κ2) is 16.7. The molecule has 7 rings (SSSR count). The maximum absolute atomic E-state index is 12.9. The van der Waals surface area contributed by atoms with Crippen LogP contribution in [0.15, 0.2) is 54.9 Å². The summed E-state index contributed by atoms with van der Waals surface area (Å²) in [7, 11) is 5.34. The molecule has 294 valence electrons. The molecular formula is C39H52N10O6. The molecule has 2 aromatic heterocycles. The van der Waals surface area contributed by atoms with Crippen LogP contribution in [0, 0.1) is 0 Å². The molecule has 3 fully saturated rings. The van der Waals surface area contributed by atoms with Crippen LogP contribution in [0.25, 0.3) is 11.2 Å². The third-order valence-electron chi connectivity index (χ3n) is 11.1. The van der Waals surface area contributed by atoms with Gasteiger partial charge in [-0.1, -0.05) is 31.2 Å². The van der Waals surface area contributed by atoms with Crippen molar-refractivity contribution >= 4 is 34.9 Å². The Hall–Kier alpha value is -5.19. The molecule has 1 saturated carbocycles. The van der Waals surface area contributed by atoms with E-state index in [1.807, 2.05) is 53.4 Å². The smallest absolute Gasteiger partial charge is 0.315 e. The summed E-state index contributed by atoms with van der Waals surface area (Å²) in [5.74, 6) is 2.18. The monoisotopic (exact) mass is 756 g/mol. The summed E-state index contributed by atoms with van der Waals surface area (Å²) in [6.45, 7) is 5.11. The minimum atomic E-state index is -1.16. The molecule has 0 spiro atoms. The van der Waals surface area contributed by atoms with Crippen LogP contribution >= 0.6 is 0 Å². The molecule has 3 aliphatic rings. The Bertz CT molecular complexity index is 1890. The lowest BCUT2D eigenvalue weighted by atomic mass is 9.91. The number of aromatic nitrogens is 4. The molecular weight excluding hydrogens is 704 g/mol. The molecule has 3 amide bonds. The van der Waals surface area contributed by atoms with Gasteiger partial charge in [-0.25, -0.2) is 9.78 Å². The molecule has 2 saturated heterocycles. The Kier molecular flexibility index (Phi) is 11.5. The maximum Gasteiger partial charge on any atom is 0.315 e. The van der Waals surface area contributed by atoms with Crippen molar-refractivity contribution in [1.82, 2.24) is 40.4 Å². The Labute approximate surface area is 320 Å². The summed E-state index contributed by atoms with van der Waals surface area (Å²) in [6, 6.07) is 14.6. The first-order valence-electron chi connectivity index (χ1n) is 19.1. The van der Waals surface area contributed by atoms with E-state index in [0.29, 0.717) is 55.4 Å². The van der Waals surface area contributed by atoms with Gasteiger partial charge in [-0.05, 0) is 68.2 Å². The van der Waals surface area contributed by atoms with Gasteiger partial charge in [0.2, 0.25) is 11.9 Å². The molecule has 4 aromatic rings. The minimum absolute atomic E-state index is 0.0966. The number of amides is 3. The predicted octanol–water partition coefficient (Wildman–Crippen LogP) is 2.23. The lowest BCUT2D eigenvalue weighted by molar-refractivity contribution is -0.122. The van der Waals surface area contributed by atoms with Crippen LogP contribution in [-0.2, 0) is 4.79 Å². The fraction of sp³-hybridized carbons (Fsp3) is 0.513. The number of hydrogen-bond donors (Lipinski definition) is 6. The number of likely N-dealkylation sites (N-methyl/N-ethyl adjacent to an activating group) is 1. The number of aliphatic hydroxyl groups is 2. The van der Waals surface area contributed by atoms with Crippen LogP contribution in [0.2, 0.25) is 0 Å². The molecule has 6 N–H and O–H groups in total. The Morgan fingerprint density at radius 3 is 2.11 bits per heavy atom. The van der Waals surface area contributed by atoms with Gasteiger partial charge in [0.15, 0.2) is 17.0 Å². The highest BCUT2D eigenvalue weighted by Crippen LogP contribution is 2.36. The summed E-state index contributed by atoms with van der Waals surface area (Å²) in [5, 5.41) is 34.9. The van der Waals surface area contributed by atoms with Crippen molar-refractivity contribution in [3.8, 4) is 11.5 Å². The summed E-state index contributed by atoms with van der Waals surface area (Å²) in [6.07, 6.45) is 1.49. The number of carbonyl (C=O) groups excluding carboxylic acids is 2. The molecule has 16 heteroatoms. The molecule has 16 nitrogen and oxygen atoms in total. The average Bonchev–Trinajstić information content (AvgIpc) is 4.00. The molecule has 3 unspecified atom stereocenters. The third kappa shape index (κ3) is 8.40. The summed E-state index contributed by atoms with van der Waals surface area (Å²) in [5.41, 5.74) is 3.11. The minimum Gasteiger partial charge on any atom is -0.497 e. The van der Waals surface area contributed by atoms with E-state index >= 15 is 0 Å². The summed E-state index contributed by atoms with van der Waals surface area (Å²) in [4.78, 5) is 44.2. The highest BCUT2D eigenvalue weighted by Gasteiger charge is 2.44. The van der Waals surface area contributed by atoms with Crippen LogP contribution in [0.5, 0.6) is 11.5 Å². The quantitative estimate of drug-likeness (QED) is 0.117. The van der Waals surface area contributed by atoms with Crippen LogP contribution in [0.1, 0.15) is 55.7 Å². The maximum atomic E-state index is 12.9. The van der Waals surface area contributed by atoms with Crippen LogP contribution < -0.4 is 35.6 Å². The van der Waals surface area contributed by atoms with Gasteiger partial charge in [0.05, 0.1) is 32.6 Å². The van der Waals surface area contributed by atoms with E-state index in [2.05, 4.69) is 33.2 Å². The molecule has 6 atom stereocenters. The first-order valence-corrected chi connectivity index (χ1v) is 19.1. The average molecular weight is 757 g/mol. The summed E-state index contributed by atoms with van der Waals surface area (Å²) >= 11 is 0. The number of urea groups is 1. The lowest BCUT2D eigenvalue weighted by Crippen LogP contribution is -2.47. The molecule has 1 aliphatic carbocycles. The SMILES string of the molecule is CCC(=O)NC1CC(n2cnc3c(NCC(c4ccc(OC)cc4)c4ccc(OC)cc4)nc(N4CC[C@@H](NC(=O)NC5CCN(C)C5)C4)nc32)[C@H](O)[C@@H]1O. The number of aliphatic hydroxyl groups excluding tert-OH is 2. The summed E-state index contributed by atoms with van der Waals surface area (Å²) < 4.78 is 12.6. The van der Waals surface area contributed by atoms with E-state index in [1.54, 1.807) is 32.0 Å². The number of fused-ring (bicyclic) bond motifs is 1. The van der Waals surface area contributed by atoms with Gasteiger partial charge in [-0.2, -0.15) is 9.97 Å². The topological polar surface area (TPSA) is 191 Å². The molecule has 4 heterocycles. The number of likely N-dealkylation sites (tertiary alicyclic amines) is 1. The Morgan fingerprint density at radius 1 is 0.873 bits per heavy atom. The number of rotatable bonds is 13. The van der Waals surface area contributed by atoms with Crippen molar-refractivity contribution < 1.29 is 29.3 Å². The largest absolute Gasteiger partial charge is 0.497 e. The van der Waals surface area contributed by atoms with E-state index in [9.17, 15) is 19.8 Å². The number of hydrogen-bond acceptors (Lipinski definition) is 12. The standard InChI is InChI=1S/C39H52N10O6/c1-5-32(50)44-30-18-31(35(52)34(30)51)49-22-41-33-36(40-19-29(23-6-10-27(54-3)11-7-23)24-8-12-28(55-4)13-9-24)45-38(46-37(33)49)48-17-15-26(21-48)43-39(53)42-25-14-16-47(2)20-25/h6-13,22,25-26,29-31,34-35,51-52H,5,14-21H2,1-4H3,(H,44,50)(H,40,45,46)(H2,42,43,53)/t25?,26-,30?,31?,34-,35+/m1/s1. The predicted molar refractivity (Wildman–Crippen MR) is 208 cm³/mol. The molecule has 2 aliphatic heterocycles. The highest BCUT2D eigenvalue weighted by molar-refractivity contribution is 5.85. The number of benzene rings is 2. The Balaban J connectivity index is 1.19. The number of nitrogens with zero attached hydrogens (tertiary/aromatic N) is 6. The van der Waals surface area contributed by atoms with Crippen molar-refractivity contribution in [2.24, 2.45) is 0 Å². The fourth-order valence-corrected chi connectivity index (χ4v) is 7.97. The zero-order valence-corrected chi connectivity index (χ0v) is 31.8. The van der Waals surface area contributed by atoms with Gasteiger partial charge >= 0.3 is 6.03 Å². The van der Waals surface area contributed by atoms with Gasteiger partial charge in [0, 0.05) is 50.6 Å². The fourth-order valence-electron chi connectivity index (χ4n) is 7.97. The van der Waals surface area contributed by atoms with E-state index in [1.165, 1.54) is 0 Å². The normalized spacial score (nSPS) is 24.0. The van der Waals surface area contributed by atoms with Crippen LogP contribution in [-0.4, -0.2) is 131 Å². The number of carbonyl (C=O) groups is 2. The van der Waals surface area contributed by atoms with Gasteiger partial charge in [-0.15, -0.1) is 0 Å². The second-order valence-electron chi connectivity index (χ2n) is 14.8.